The molecule has 2 aliphatic rings. The molecular weight excluding hydrogens is 304 g/mol. The number of anilines is 2. The zero-order valence-electron chi connectivity index (χ0n) is 13.1. The summed E-state index contributed by atoms with van der Waals surface area (Å²) < 4.78 is 0. The van der Waals surface area contributed by atoms with Gasteiger partial charge in [0.05, 0.1) is 16.8 Å². The number of hydrogen-bond donors (Lipinski definition) is 0. The van der Waals surface area contributed by atoms with Crippen LogP contribution in [-0.4, -0.2) is 24.3 Å². The van der Waals surface area contributed by atoms with Crippen molar-refractivity contribution < 1.29 is 14.4 Å². The summed E-state index contributed by atoms with van der Waals surface area (Å²) in [7, 11) is 0. The standard InChI is InChI=1S/C19H16N2O3/c22-17-10-3-4-11-20(17)13-6-5-7-14(12-13)21-18(23)15-8-1-2-9-16(15)19(21)24/h1-2,5-9,12H,3-4,10-11H2. The zero-order valence-corrected chi connectivity index (χ0v) is 13.1. The van der Waals surface area contributed by atoms with E-state index in [2.05, 4.69) is 0 Å². The van der Waals surface area contributed by atoms with Gasteiger partial charge in [0.2, 0.25) is 5.91 Å². The van der Waals surface area contributed by atoms with Gasteiger partial charge in [0.25, 0.3) is 11.8 Å². The van der Waals surface area contributed by atoms with E-state index in [0.717, 1.165) is 18.5 Å². The normalized spacial score (nSPS) is 17.4. The van der Waals surface area contributed by atoms with Gasteiger partial charge in [0.15, 0.2) is 0 Å². The van der Waals surface area contributed by atoms with E-state index in [1.165, 1.54) is 4.90 Å². The average Bonchev–Trinajstić information content (AvgIpc) is 2.87. The molecular formula is C19H16N2O3. The summed E-state index contributed by atoms with van der Waals surface area (Å²) in [4.78, 5) is 40.2. The second-order valence-corrected chi connectivity index (χ2v) is 6.01. The fourth-order valence-corrected chi connectivity index (χ4v) is 3.30. The number of nitrogens with zero attached hydrogens (tertiary/aromatic N) is 2. The molecule has 0 aromatic heterocycles. The zero-order chi connectivity index (χ0) is 16.7. The lowest BCUT2D eigenvalue weighted by atomic mass is 10.1. The van der Waals surface area contributed by atoms with E-state index in [1.807, 2.05) is 6.07 Å². The molecule has 1 saturated heterocycles. The minimum Gasteiger partial charge on any atom is -0.312 e. The van der Waals surface area contributed by atoms with Gasteiger partial charge in [-0.2, -0.15) is 0 Å². The molecule has 1 fully saturated rings. The van der Waals surface area contributed by atoms with E-state index in [4.69, 9.17) is 0 Å². The molecule has 24 heavy (non-hydrogen) atoms. The maximum absolute atomic E-state index is 12.6. The molecule has 3 amide bonds. The molecule has 0 aliphatic carbocycles. The molecule has 0 atom stereocenters. The monoisotopic (exact) mass is 320 g/mol. The number of piperidine rings is 1. The number of benzene rings is 2. The Morgan fingerprint density at radius 1 is 0.750 bits per heavy atom. The molecule has 0 spiro atoms. The lowest BCUT2D eigenvalue weighted by molar-refractivity contribution is -0.119. The summed E-state index contributed by atoms with van der Waals surface area (Å²) in [5.41, 5.74) is 2.06. The van der Waals surface area contributed by atoms with E-state index in [0.29, 0.717) is 29.8 Å². The number of rotatable bonds is 2. The molecule has 0 radical (unpaired) electrons. The van der Waals surface area contributed by atoms with Crippen molar-refractivity contribution in [3.05, 3.63) is 59.7 Å². The largest absolute Gasteiger partial charge is 0.312 e. The Labute approximate surface area is 139 Å². The number of fused-ring (bicyclic) bond motifs is 1. The van der Waals surface area contributed by atoms with E-state index in [9.17, 15) is 14.4 Å². The number of amides is 3. The Balaban J connectivity index is 1.71. The number of carbonyl (C=O) groups excluding carboxylic acids is 3. The first-order valence-electron chi connectivity index (χ1n) is 8.05. The number of hydrogen-bond acceptors (Lipinski definition) is 3. The predicted octanol–water partition coefficient (Wildman–Crippen LogP) is 3.00. The summed E-state index contributed by atoms with van der Waals surface area (Å²) >= 11 is 0. The van der Waals surface area contributed by atoms with Gasteiger partial charge in [-0.15, -0.1) is 0 Å². The van der Waals surface area contributed by atoms with E-state index in [1.54, 1.807) is 47.4 Å². The predicted molar refractivity (Wildman–Crippen MR) is 90.2 cm³/mol. The Hall–Kier alpha value is -2.95. The Bertz CT molecular complexity index is 824. The number of imide groups is 1. The van der Waals surface area contributed by atoms with Gasteiger partial charge in [-0.05, 0) is 43.2 Å². The van der Waals surface area contributed by atoms with Crippen LogP contribution >= 0.6 is 0 Å². The van der Waals surface area contributed by atoms with Crippen molar-refractivity contribution in [1.82, 2.24) is 0 Å². The molecule has 2 aromatic carbocycles. The summed E-state index contributed by atoms with van der Waals surface area (Å²) in [6.45, 7) is 0.671. The summed E-state index contributed by atoms with van der Waals surface area (Å²) in [5, 5.41) is 0. The first-order chi connectivity index (χ1) is 11.7. The van der Waals surface area contributed by atoms with Crippen LogP contribution in [-0.2, 0) is 4.79 Å². The van der Waals surface area contributed by atoms with Gasteiger partial charge >= 0.3 is 0 Å². The van der Waals surface area contributed by atoms with Crippen molar-refractivity contribution in [3.63, 3.8) is 0 Å². The van der Waals surface area contributed by atoms with E-state index >= 15 is 0 Å². The van der Waals surface area contributed by atoms with Gasteiger partial charge in [0.1, 0.15) is 0 Å². The Kier molecular flexibility index (Phi) is 3.41. The molecule has 0 unspecified atom stereocenters. The van der Waals surface area contributed by atoms with Gasteiger partial charge in [-0.3, -0.25) is 14.4 Å². The molecule has 0 N–H and O–H groups in total. The number of carbonyl (C=O) groups is 3. The van der Waals surface area contributed by atoms with Gasteiger partial charge < -0.3 is 4.90 Å². The third-order valence-electron chi connectivity index (χ3n) is 4.52. The van der Waals surface area contributed by atoms with Crippen LogP contribution in [0.3, 0.4) is 0 Å². The van der Waals surface area contributed by atoms with Crippen molar-refractivity contribution in [2.24, 2.45) is 0 Å². The fraction of sp³-hybridized carbons (Fsp3) is 0.211. The highest BCUT2D eigenvalue weighted by Gasteiger charge is 2.36. The van der Waals surface area contributed by atoms with E-state index < -0.39 is 0 Å². The van der Waals surface area contributed by atoms with E-state index in [-0.39, 0.29) is 17.7 Å². The third kappa shape index (κ3) is 2.21. The minimum absolute atomic E-state index is 0.0840. The second kappa shape index (κ2) is 5.60. The van der Waals surface area contributed by atoms with Crippen molar-refractivity contribution in [2.75, 3.05) is 16.3 Å². The summed E-state index contributed by atoms with van der Waals surface area (Å²) in [5.74, 6) is -0.559. The van der Waals surface area contributed by atoms with Crippen LogP contribution in [0.25, 0.3) is 0 Å². The second-order valence-electron chi connectivity index (χ2n) is 6.01. The van der Waals surface area contributed by atoms with Crippen LogP contribution in [0.15, 0.2) is 48.5 Å². The molecule has 2 heterocycles. The first-order valence-corrected chi connectivity index (χ1v) is 8.05. The van der Waals surface area contributed by atoms with Gasteiger partial charge in [-0.1, -0.05) is 18.2 Å². The smallest absolute Gasteiger partial charge is 0.266 e. The van der Waals surface area contributed by atoms with Crippen molar-refractivity contribution in [3.8, 4) is 0 Å². The molecule has 0 saturated carbocycles. The summed E-state index contributed by atoms with van der Waals surface area (Å²) in [6.07, 6.45) is 2.41. The lowest BCUT2D eigenvalue weighted by Crippen LogP contribution is -2.35. The Morgan fingerprint density at radius 3 is 2.08 bits per heavy atom. The molecule has 120 valence electrons. The van der Waals surface area contributed by atoms with Crippen LogP contribution in [0.5, 0.6) is 0 Å². The highest BCUT2D eigenvalue weighted by atomic mass is 16.2. The molecule has 5 heteroatoms. The molecule has 0 bridgehead atoms. The van der Waals surface area contributed by atoms with Gasteiger partial charge in [0, 0.05) is 18.7 Å². The van der Waals surface area contributed by atoms with Gasteiger partial charge in [-0.25, -0.2) is 4.90 Å². The van der Waals surface area contributed by atoms with Crippen molar-refractivity contribution in [2.45, 2.75) is 19.3 Å². The van der Waals surface area contributed by atoms with Crippen LogP contribution in [0.1, 0.15) is 40.0 Å². The average molecular weight is 320 g/mol. The quantitative estimate of drug-likeness (QED) is 0.799. The minimum atomic E-state index is -0.322. The maximum atomic E-state index is 12.6. The topological polar surface area (TPSA) is 57.7 Å². The molecule has 2 aromatic rings. The maximum Gasteiger partial charge on any atom is 0.266 e. The van der Waals surface area contributed by atoms with Crippen LogP contribution in [0.4, 0.5) is 11.4 Å². The highest BCUT2D eigenvalue weighted by molar-refractivity contribution is 6.34. The van der Waals surface area contributed by atoms with Crippen molar-refractivity contribution >= 4 is 29.1 Å². The van der Waals surface area contributed by atoms with Crippen LogP contribution in [0, 0.1) is 0 Å². The SMILES string of the molecule is O=C1CCCCN1c1cccc(N2C(=O)c3ccccc3C2=O)c1. The molecule has 4 rings (SSSR count). The fourth-order valence-electron chi connectivity index (χ4n) is 3.30. The lowest BCUT2D eigenvalue weighted by Gasteiger charge is -2.27. The molecule has 5 nitrogen and oxygen atoms in total. The Morgan fingerprint density at radius 2 is 1.42 bits per heavy atom. The van der Waals surface area contributed by atoms with Crippen LogP contribution < -0.4 is 9.80 Å². The first kappa shape index (κ1) is 14.6. The highest BCUT2D eigenvalue weighted by Crippen LogP contribution is 2.31. The third-order valence-corrected chi connectivity index (χ3v) is 4.52. The van der Waals surface area contributed by atoms with Crippen LogP contribution in [0.2, 0.25) is 0 Å². The molecule has 2 aliphatic heterocycles. The van der Waals surface area contributed by atoms with Crippen molar-refractivity contribution in [1.29, 1.82) is 0 Å². The summed E-state index contributed by atoms with van der Waals surface area (Å²) in [6, 6.07) is 13.9.